The minimum Gasteiger partial charge on any atom is -0.409 e. The lowest BCUT2D eigenvalue weighted by Gasteiger charge is -2.23. The van der Waals surface area contributed by atoms with Crippen LogP contribution in [-0.2, 0) is 0 Å². The van der Waals surface area contributed by atoms with Gasteiger partial charge in [-0.05, 0) is 25.3 Å². The van der Waals surface area contributed by atoms with E-state index >= 15 is 0 Å². The van der Waals surface area contributed by atoms with Crippen molar-refractivity contribution in [1.82, 2.24) is 4.90 Å². The van der Waals surface area contributed by atoms with Crippen molar-refractivity contribution >= 4 is 5.84 Å². The van der Waals surface area contributed by atoms with Crippen molar-refractivity contribution in [2.24, 2.45) is 16.8 Å². The van der Waals surface area contributed by atoms with Crippen molar-refractivity contribution in [2.75, 3.05) is 19.6 Å². The molecule has 0 unspecified atom stereocenters. The maximum atomic E-state index is 8.45. The first-order chi connectivity index (χ1) is 7.26. The van der Waals surface area contributed by atoms with Crippen LogP contribution in [0, 0.1) is 5.92 Å². The van der Waals surface area contributed by atoms with Gasteiger partial charge in [-0.2, -0.15) is 0 Å². The average molecular weight is 213 g/mol. The lowest BCUT2D eigenvalue weighted by molar-refractivity contribution is 0.247. The van der Waals surface area contributed by atoms with E-state index in [0.29, 0.717) is 12.3 Å². The van der Waals surface area contributed by atoms with Crippen LogP contribution in [0.15, 0.2) is 5.16 Å². The standard InChI is InChI=1S/C11H23N3O/c1-2-14(8-7-11(12)13-15)9-10-5-3-4-6-10/h10,15H,2-9H2,1H3,(H2,12,13). The topological polar surface area (TPSA) is 61.8 Å². The molecule has 0 heterocycles. The molecule has 1 rings (SSSR count). The van der Waals surface area contributed by atoms with E-state index in [9.17, 15) is 0 Å². The summed E-state index contributed by atoms with van der Waals surface area (Å²) in [7, 11) is 0. The van der Waals surface area contributed by atoms with Gasteiger partial charge in [-0.15, -0.1) is 0 Å². The Kier molecular flexibility index (Phi) is 5.47. The van der Waals surface area contributed by atoms with Crippen molar-refractivity contribution in [3.63, 3.8) is 0 Å². The summed E-state index contributed by atoms with van der Waals surface area (Å²) in [6.07, 6.45) is 6.20. The predicted octanol–water partition coefficient (Wildman–Crippen LogP) is 1.63. The largest absolute Gasteiger partial charge is 0.409 e. The second-order valence-electron chi connectivity index (χ2n) is 4.39. The van der Waals surface area contributed by atoms with Crippen LogP contribution < -0.4 is 5.73 Å². The summed E-state index contributed by atoms with van der Waals surface area (Å²) in [6, 6.07) is 0. The van der Waals surface area contributed by atoms with Crippen molar-refractivity contribution in [1.29, 1.82) is 0 Å². The van der Waals surface area contributed by atoms with Crippen LogP contribution in [0.5, 0.6) is 0 Å². The fraction of sp³-hybridized carbons (Fsp3) is 0.909. The van der Waals surface area contributed by atoms with Crippen molar-refractivity contribution in [3.8, 4) is 0 Å². The van der Waals surface area contributed by atoms with Crippen LogP contribution in [-0.4, -0.2) is 35.6 Å². The van der Waals surface area contributed by atoms with Gasteiger partial charge in [0.05, 0.1) is 0 Å². The highest BCUT2D eigenvalue weighted by Gasteiger charge is 2.17. The first-order valence-electron chi connectivity index (χ1n) is 5.95. The molecule has 0 aromatic rings. The van der Waals surface area contributed by atoms with Crippen LogP contribution in [0.25, 0.3) is 0 Å². The van der Waals surface area contributed by atoms with Gasteiger partial charge >= 0.3 is 0 Å². The van der Waals surface area contributed by atoms with Crippen LogP contribution in [0.1, 0.15) is 39.0 Å². The first kappa shape index (κ1) is 12.3. The van der Waals surface area contributed by atoms with Crippen molar-refractivity contribution in [2.45, 2.75) is 39.0 Å². The van der Waals surface area contributed by atoms with Gasteiger partial charge in [-0.1, -0.05) is 24.9 Å². The third-order valence-corrected chi connectivity index (χ3v) is 3.25. The zero-order valence-corrected chi connectivity index (χ0v) is 9.65. The van der Waals surface area contributed by atoms with E-state index in [1.165, 1.54) is 32.2 Å². The first-order valence-corrected chi connectivity index (χ1v) is 5.95. The molecule has 4 heteroatoms. The third kappa shape index (κ3) is 4.51. The molecule has 0 spiro atoms. The Labute approximate surface area is 92.1 Å². The van der Waals surface area contributed by atoms with Gasteiger partial charge in [-0.3, -0.25) is 0 Å². The van der Waals surface area contributed by atoms with Crippen molar-refractivity contribution < 1.29 is 5.21 Å². The molecule has 15 heavy (non-hydrogen) atoms. The van der Waals surface area contributed by atoms with Gasteiger partial charge in [0.2, 0.25) is 0 Å². The van der Waals surface area contributed by atoms with Crippen LogP contribution >= 0.6 is 0 Å². The van der Waals surface area contributed by atoms with Crippen molar-refractivity contribution in [3.05, 3.63) is 0 Å². The fourth-order valence-electron chi connectivity index (χ4n) is 2.26. The van der Waals surface area contributed by atoms with Gasteiger partial charge < -0.3 is 15.8 Å². The number of rotatable bonds is 6. The summed E-state index contributed by atoms with van der Waals surface area (Å²) < 4.78 is 0. The molecule has 1 saturated carbocycles. The second-order valence-corrected chi connectivity index (χ2v) is 4.39. The van der Waals surface area contributed by atoms with Crippen LogP contribution in [0.4, 0.5) is 0 Å². The highest BCUT2D eigenvalue weighted by atomic mass is 16.4. The summed E-state index contributed by atoms with van der Waals surface area (Å²) in [5, 5.41) is 11.4. The maximum Gasteiger partial charge on any atom is 0.140 e. The number of amidine groups is 1. The summed E-state index contributed by atoms with van der Waals surface area (Å²) in [6.45, 7) is 5.30. The second kappa shape index (κ2) is 6.67. The molecule has 0 aromatic carbocycles. The van der Waals surface area contributed by atoms with E-state index in [2.05, 4.69) is 17.0 Å². The van der Waals surface area contributed by atoms with Gasteiger partial charge in [0.1, 0.15) is 5.84 Å². The Hall–Kier alpha value is -0.770. The highest BCUT2D eigenvalue weighted by molar-refractivity contribution is 5.79. The molecule has 0 amide bonds. The van der Waals surface area contributed by atoms with E-state index in [1.807, 2.05) is 0 Å². The molecule has 1 aliphatic carbocycles. The molecule has 0 saturated heterocycles. The monoisotopic (exact) mass is 213 g/mol. The molecule has 1 fully saturated rings. The van der Waals surface area contributed by atoms with E-state index in [-0.39, 0.29) is 0 Å². The van der Waals surface area contributed by atoms with Crippen LogP contribution in [0.2, 0.25) is 0 Å². The minimum absolute atomic E-state index is 0.333. The molecule has 1 aliphatic rings. The molecule has 4 nitrogen and oxygen atoms in total. The molecule has 0 radical (unpaired) electrons. The number of hydrogen-bond donors (Lipinski definition) is 2. The minimum atomic E-state index is 0.333. The zero-order chi connectivity index (χ0) is 11.1. The Balaban J connectivity index is 2.22. The number of hydrogen-bond acceptors (Lipinski definition) is 3. The predicted molar refractivity (Wildman–Crippen MR) is 62.1 cm³/mol. The van der Waals surface area contributed by atoms with E-state index in [1.54, 1.807) is 0 Å². The Morgan fingerprint density at radius 1 is 1.47 bits per heavy atom. The summed E-state index contributed by atoms with van der Waals surface area (Å²) in [4.78, 5) is 2.40. The molecule has 88 valence electrons. The molecular formula is C11H23N3O. The number of oxime groups is 1. The number of nitrogens with two attached hydrogens (primary N) is 1. The highest BCUT2D eigenvalue weighted by Crippen LogP contribution is 2.25. The smallest absolute Gasteiger partial charge is 0.140 e. The maximum absolute atomic E-state index is 8.45. The Morgan fingerprint density at radius 3 is 2.67 bits per heavy atom. The molecular weight excluding hydrogens is 190 g/mol. The normalized spacial score (nSPS) is 18.9. The summed E-state index contributed by atoms with van der Waals surface area (Å²) in [5.74, 6) is 1.21. The number of nitrogens with zero attached hydrogens (tertiary/aromatic N) is 2. The fourth-order valence-corrected chi connectivity index (χ4v) is 2.26. The molecule has 0 atom stereocenters. The Bertz CT molecular complexity index is 200. The average Bonchev–Trinajstić information content (AvgIpc) is 2.76. The third-order valence-electron chi connectivity index (χ3n) is 3.25. The SMILES string of the molecule is CCN(CCC(N)=NO)CC1CCCC1. The molecule has 3 N–H and O–H groups in total. The summed E-state index contributed by atoms with van der Waals surface area (Å²) in [5.41, 5.74) is 5.46. The van der Waals surface area contributed by atoms with E-state index in [0.717, 1.165) is 19.0 Å². The van der Waals surface area contributed by atoms with Gasteiger partial charge in [0, 0.05) is 19.5 Å². The lowest BCUT2D eigenvalue weighted by Crippen LogP contribution is -2.32. The molecule has 0 bridgehead atoms. The lowest BCUT2D eigenvalue weighted by atomic mass is 10.1. The van der Waals surface area contributed by atoms with E-state index < -0.39 is 0 Å². The van der Waals surface area contributed by atoms with Gasteiger partial charge in [0.25, 0.3) is 0 Å². The Morgan fingerprint density at radius 2 is 2.13 bits per heavy atom. The van der Waals surface area contributed by atoms with Gasteiger partial charge in [0.15, 0.2) is 0 Å². The van der Waals surface area contributed by atoms with Crippen LogP contribution in [0.3, 0.4) is 0 Å². The zero-order valence-electron chi connectivity index (χ0n) is 9.65. The molecule has 0 aliphatic heterocycles. The van der Waals surface area contributed by atoms with E-state index in [4.69, 9.17) is 10.9 Å². The molecule has 0 aromatic heterocycles. The quantitative estimate of drug-likeness (QED) is 0.305. The summed E-state index contributed by atoms with van der Waals surface area (Å²) >= 11 is 0. The van der Waals surface area contributed by atoms with Gasteiger partial charge in [-0.25, -0.2) is 0 Å².